The number of anilines is 1. The van der Waals surface area contributed by atoms with Crippen LogP contribution >= 0.6 is 39.0 Å². The van der Waals surface area contributed by atoms with Crippen LogP contribution in [-0.2, 0) is 11.3 Å². The summed E-state index contributed by atoms with van der Waals surface area (Å²) in [5.41, 5.74) is 2.38. The average molecular weight is 572 g/mol. The summed E-state index contributed by atoms with van der Waals surface area (Å²) in [5.74, 6) is 0.410. The van der Waals surface area contributed by atoms with E-state index in [-0.39, 0.29) is 23.6 Å². The van der Waals surface area contributed by atoms with E-state index in [0.717, 1.165) is 15.7 Å². The highest BCUT2D eigenvalue weighted by Gasteiger charge is 2.21. The predicted molar refractivity (Wildman–Crippen MR) is 143 cm³/mol. The molecular formula is C24H23BrN6O2S2. The fourth-order valence-electron chi connectivity index (χ4n) is 3.37. The molecule has 0 aliphatic rings. The first kappa shape index (κ1) is 25.1. The average Bonchev–Trinajstić information content (AvgIpc) is 3.50. The Kier molecular flexibility index (Phi) is 8.32. The van der Waals surface area contributed by atoms with Crippen molar-refractivity contribution in [1.82, 2.24) is 25.1 Å². The Morgan fingerprint density at radius 2 is 1.86 bits per heavy atom. The molecular weight excluding hydrogens is 548 g/mol. The van der Waals surface area contributed by atoms with E-state index >= 15 is 0 Å². The van der Waals surface area contributed by atoms with Crippen LogP contribution in [0.2, 0.25) is 0 Å². The van der Waals surface area contributed by atoms with E-state index in [0.29, 0.717) is 28.2 Å². The molecule has 2 amide bonds. The molecule has 0 saturated heterocycles. The number of thioether (sulfide) groups is 1. The van der Waals surface area contributed by atoms with Gasteiger partial charge in [0.05, 0.1) is 23.1 Å². The lowest BCUT2D eigenvalue weighted by Gasteiger charge is -2.15. The van der Waals surface area contributed by atoms with Crippen LogP contribution in [0.4, 0.5) is 5.13 Å². The molecule has 35 heavy (non-hydrogen) atoms. The third-order valence-corrected chi connectivity index (χ3v) is 7.48. The monoisotopic (exact) mass is 570 g/mol. The quantitative estimate of drug-likeness (QED) is 0.261. The number of nitrogens with zero attached hydrogens (tertiary/aromatic N) is 4. The summed E-state index contributed by atoms with van der Waals surface area (Å²) in [6, 6.07) is 16.7. The molecule has 180 valence electrons. The second kappa shape index (κ2) is 11.6. The molecule has 8 nitrogen and oxygen atoms in total. The van der Waals surface area contributed by atoms with Crippen molar-refractivity contribution >= 4 is 56.0 Å². The van der Waals surface area contributed by atoms with Gasteiger partial charge in [0, 0.05) is 22.0 Å². The number of hydrogen-bond acceptors (Lipinski definition) is 7. The van der Waals surface area contributed by atoms with Gasteiger partial charge in [0.15, 0.2) is 16.1 Å². The third-order valence-electron chi connectivity index (χ3n) is 5.07. The maximum absolute atomic E-state index is 12.7. The summed E-state index contributed by atoms with van der Waals surface area (Å²) in [7, 11) is 0. The maximum Gasteiger partial charge on any atom is 0.253 e. The van der Waals surface area contributed by atoms with Crippen molar-refractivity contribution in [2.75, 3.05) is 11.1 Å². The molecule has 0 unspecified atom stereocenters. The molecule has 11 heteroatoms. The van der Waals surface area contributed by atoms with Crippen LogP contribution in [0.5, 0.6) is 0 Å². The number of amides is 2. The van der Waals surface area contributed by atoms with E-state index in [2.05, 4.69) is 41.7 Å². The van der Waals surface area contributed by atoms with Crippen LogP contribution in [0.15, 0.2) is 69.6 Å². The highest BCUT2D eigenvalue weighted by molar-refractivity contribution is 9.10. The number of aromatic nitrogens is 4. The van der Waals surface area contributed by atoms with Crippen molar-refractivity contribution in [1.29, 1.82) is 0 Å². The number of halogens is 1. The summed E-state index contributed by atoms with van der Waals surface area (Å²) >= 11 is 6.09. The summed E-state index contributed by atoms with van der Waals surface area (Å²) in [6.07, 6.45) is 0. The van der Waals surface area contributed by atoms with Gasteiger partial charge in [-0.1, -0.05) is 54.2 Å². The van der Waals surface area contributed by atoms with Crippen LogP contribution in [0.25, 0.3) is 11.3 Å². The summed E-state index contributed by atoms with van der Waals surface area (Å²) in [4.78, 5) is 29.7. The Bertz CT molecular complexity index is 1320. The van der Waals surface area contributed by atoms with E-state index in [9.17, 15) is 9.59 Å². The lowest BCUT2D eigenvalue weighted by Crippen LogP contribution is -2.29. The molecule has 0 radical (unpaired) electrons. The third kappa shape index (κ3) is 6.16. The number of carbonyl (C=O) groups excluding carboxylic acids is 2. The maximum atomic E-state index is 12.7. The molecule has 1 atom stereocenters. The van der Waals surface area contributed by atoms with Gasteiger partial charge in [-0.05, 0) is 41.9 Å². The summed E-state index contributed by atoms with van der Waals surface area (Å²) in [5, 5.41) is 17.4. The minimum absolute atomic E-state index is 0.163. The fraction of sp³-hybridized carbons (Fsp3) is 0.208. The van der Waals surface area contributed by atoms with Crippen LogP contribution in [0.3, 0.4) is 0 Å². The van der Waals surface area contributed by atoms with Crippen LogP contribution in [-0.4, -0.2) is 37.3 Å². The van der Waals surface area contributed by atoms with Crippen molar-refractivity contribution in [2.24, 2.45) is 0 Å². The van der Waals surface area contributed by atoms with Crippen molar-refractivity contribution < 1.29 is 9.59 Å². The summed E-state index contributed by atoms with van der Waals surface area (Å²) in [6.45, 7) is 4.44. The second-order valence-corrected chi connectivity index (χ2v) is 10.2. The molecule has 0 aliphatic heterocycles. The smallest absolute Gasteiger partial charge is 0.253 e. The van der Waals surface area contributed by atoms with Gasteiger partial charge < -0.3 is 15.2 Å². The molecule has 2 aromatic carbocycles. The number of thiazole rings is 1. The first-order valence-electron chi connectivity index (χ1n) is 10.9. The molecule has 2 heterocycles. The number of benzene rings is 2. The molecule has 0 bridgehead atoms. The van der Waals surface area contributed by atoms with Crippen molar-refractivity contribution in [2.45, 2.75) is 31.6 Å². The minimum Gasteiger partial charge on any atom is -0.342 e. The SMILES string of the molecule is CCn1c(SCC(=O)Nc2nc(-c3ccccc3)cs2)nnc1[C@H](C)NC(=O)c1ccccc1Br. The zero-order valence-corrected chi connectivity index (χ0v) is 22.3. The van der Waals surface area contributed by atoms with Crippen molar-refractivity contribution in [3.63, 3.8) is 0 Å². The molecule has 2 aromatic heterocycles. The molecule has 0 spiro atoms. The Hall–Kier alpha value is -3.02. The van der Waals surface area contributed by atoms with Gasteiger partial charge in [-0.25, -0.2) is 4.98 Å². The first-order chi connectivity index (χ1) is 17.0. The van der Waals surface area contributed by atoms with Gasteiger partial charge in [0.25, 0.3) is 5.91 Å². The topological polar surface area (TPSA) is 102 Å². The Morgan fingerprint density at radius 3 is 2.60 bits per heavy atom. The fourth-order valence-corrected chi connectivity index (χ4v) is 5.38. The number of nitrogens with one attached hydrogen (secondary N) is 2. The van der Waals surface area contributed by atoms with Gasteiger partial charge in [-0.15, -0.1) is 21.5 Å². The van der Waals surface area contributed by atoms with Gasteiger partial charge >= 0.3 is 0 Å². The Morgan fingerprint density at radius 1 is 1.11 bits per heavy atom. The van der Waals surface area contributed by atoms with Crippen molar-refractivity contribution in [3.8, 4) is 11.3 Å². The standard InChI is InChI=1S/C24H23BrN6O2S2/c1-3-31-21(15(2)26-22(33)17-11-7-8-12-18(17)25)29-30-24(31)35-14-20(32)28-23-27-19(13-34-23)16-9-5-4-6-10-16/h4-13,15H,3,14H2,1-2H3,(H,26,33)(H,27,28,32)/t15-/m0/s1. The first-order valence-corrected chi connectivity index (χ1v) is 13.5. The number of hydrogen-bond donors (Lipinski definition) is 2. The van der Waals surface area contributed by atoms with Gasteiger partial charge in [-0.3, -0.25) is 9.59 Å². The van der Waals surface area contributed by atoms with Gasteiger partial charge in [0.2, 0.25) is 5.91 Å². The lowest BCUT2D eigenvalue weighted by molar-refractivity contribution is -0.113. The van der Waals surface area contributed by atoms with Crippen molar-refractivity contribution in [3.05, 3.63) is 75.8 Å². The van der Waals surface area contributed by atoms with Crippen LogP contribution < -0.4 is 10.6 Å². The predicted octanol–water partition coefficient (Wildman–Crippen LogP) is 5.41. The Labute approximate surface area is 219 Å². The van der Waals surface area contributed by atoms with Crippen LogP contribution in [0.1, 0.15) is 36.1 Å². The van der Waals surface area contributed by atoms with E-state index in [1.54, 1.807) is 6.07 Å². The van der Waals surface area contributed by atoms with E-state index in [4.69, 9.17) is 0 Å². The van der Waals surface area contributed by atoms with Crippen LogP contribution in [0, 0.1) is 0 Å². The summed E-state index contributed by atoms with van der Waals surface area (Å²) < 4.78 is 2.62. The van der Waals surface area contributed by atoms with E-state index in [1.165, 1.54) is 23.1 Å². The molecule has 0 fully saturated rings. The Balaban J connectivity index is 1.36. The highest BCUT2D eigenvalue weighted by Crippen LogP contribution is 2.26. The normalized spacial score (nSPS) is 11.7. The van der Waals surface area contributed by atoms with Gasteiger partial charge in [-0.2, -0.15) is 0 Å². The zero-order chi connectivity index (χ0) is 24.8. The number of carbonyl (C=O) groups is 2. The van der Waals surface area contributed by atoms with E-state index < -0.39 is 0 Å². The van der Waals surface area contributed by atoms with Gasteiger partial charge in [0.1, 0.15) is 0 Å². The molecule has 0 aliphatic carbocycles. The molecule has 4 rings (SSSR count). The minimum atomic E-state index is -0.364. The largest absolute Gasteiger partial charge is 0.342 e. The molecule has 4 aromatic rings. The molecule has 2 N–H and O–H groups in total. The number of rotatable bonds is 9. The van der Waals surface area contributed by atoms with E-state index in [1.807, 2.05) is 72.3 Å². The molecule has 0 saturated carbocycles. The highest BCUT2D eigenvalue weighted by atomic mass is 79.9. The zero-order valence-electron chi connectivity index (χ0n) is 19.1. The second-order valence-electron chi connectivity index (χ2n) is 7.50. The lowest BCUT2D eigenvalue weighted by atomic mass is 10.2.